The van der Waals surface area contributed by atoms with Crippen LogP contribution >= 0.6 is 0 Å². The quantitative estimate of drug-likeness (QED) is 0.762. The van der Waals surface area contributed by atoms with Crippen molar-refractivity contribution >= 4 is 16.6 Å². The number of hydrogen-bond donors (Lipinski definition) is 2. The van der Waals surface area contributed by atoms with Crippen molar-refractivity contribution in [3.05, 3.63) is 35.7 Å². The summed E-state index contributed by atoms with van der Waals surface area (Å²) in [5.41, 5.74) is 4.79. The molecule has 3 nitrogen and oxygen atoms in total. The van der Waals surface area contributed by atoms with E-state index in [-0.39, 0.29) is 0 Å². The molecule has 0 fully saturated rings. The maximum atomic E-state index is 4.49. The number of hydrogen-bond acceptors (Lipinski definition) is 2. The number of rotatable bonds is 1. The summed E-state index contributed by atoms with van der Waals surface area (Å²) in [7, 11) is 0. The van der Waals surface area contributed by atoms with E-state index < -0.39 is 0 Å². The zero-order chi connectivity index (χ0) is 11.0. The van der Waals surface area contributed by atoms with Crippen LogP contribution in [0.5, 0.6) is 0 Å². The Hall–Kier alpha value is -1.61. The minimum Gasteiger partial charge on any atom is -0.346 e. The van der Waals surface area contributed by atoms with Gasteiger partial charge in [0.1, 0.15) is 5.65 Å². The van der Waals surface area contributed by atoms with Crippen LogP contribution in [-0.2, 0) is 0 Å². The van der Waals surface area contributed by atoms with Gasteiger partial charge in [0.2, 0.25) is 0 Å². The van der Waals surface area contributed by atoms with Gasteiger partial charge in [-0.3, -0.25) is 0 Å². The second kappa shape index (κ2) is 3.76. The molecule has 2 N–H and O–H groups in total. The lowest BCUT2D eigenvalue weighted by Gasteiger charge is -2.13. The van der Waals surface area contributed by atoms with Gasteiger partial charge in [-0.05, 0) is 37.6 Å². The van der Waals surface area contributed by atoms with Crippen LogP contribution in [0.2, 0.25) is 0 Å². The Morgan fingerprint density at radius 2 is 2.25 bits per heavy atom. The second-order valence-corrected chi connectivity index (χ2v) is 4.23. The molecular formula is C13H15N3. The predicted molar refractivity (Wildman–Crippen MR) is 66.3 cm³/mol. The summed E-state index contributed by atoms with van der Waals surface area (Å²) in [6.45, 7) is 4.06. The number of aromatic nitrogens is 2. The fourth-order valence-electron chi connectivity index (χ4n) is 2.24. The molecule has 1 aliphatic heterocycles. The van der Waals surface area contributed by atoms with Gasteiger partial charge in [-0.1, -0.05) is 6.08 Å². The lowest BCUT2D eigenvalue weighted by atomic mass is 10.0. The first-order chi connectivity index (χ1) is 7.84. The van der Waals surface area contributed by atoms with Crippen molar-refractivity contribution in [2.45, 2.75) is 13.3 Å². The largest absolute Gasteiger partial charge is 0.346 e. The van der Waals surface area contributed by atoms with Gasteiger partial charge in [-0.15, -0.1) is 0 Å². The zero-order valence-electron chi connectivity index (χ0n) is 9.38. The summed E-state index contributed by atoms with van der Waals surface area (Å²) >= 11 is 0. The fourth-order valence-corrected chi connectivity index (χ4v) is 2.24. The Balaban J connectivity index is 2.13. The lowest BCUT2D eigenvalue weighted by molar-refractivity contribution is 0.739. The molecule has 16 heavy (non-hydrogen) atoms. The number of aromatic amines is 1. The van der Waals surface area contributed by atoms with Crippen LogP contribution in [0.15, 0.2) is 24.4 Å². The number of H-pyrrole nitrogens is 1. The molecule has 2 aromatic rings. The van der Waals surface area contributed by atoms with E-state index in [4.69, 9.17) is 0 Å². The summed E-state index contributed by atoms with van der Waals surface area (Å²) in [5.74, 6) is 0. The Labute approximate surface area is 94.6 Å². The number of nitrogens with zero attached hydrogens (tertiary/aromatic N) is 1. The first kappa shape index (κ1) is 9.60. The molecule has 3 heteroatoms. The molecule has 0 saturated carbocycles. The topological polar surface area (TPSA) is 40.7 Å². The maximum Gasteiger partial charge on any atom is 0.138 e. The van der Waals surface area contributed by atoms with E-state index in [2.05, 4.69) is 39.7 Å². The smallest absolute Gasteiger partial charge is 0.138 e. The van der Waals surface area contributed by atoms with Gasteiger partial charge < -0.3 is 10.3 Å². The summed E-state index contributed by atoms with van der Waals surface area (Å²) in [6.07, 6.45) is 5.45. The van der Waals surface area contributed by atoms with Crippen molar-refractivity contribution in [2.75, 3.05) is 13.1 Å². The molecule has 3 rings (SSSR count). The Bertz CT molecular complexity index is 551. The number of aryl methyl sites for hydroxylation is 1. The SMILES string of the molecule is Cc1ccc2c(C3=CCNCC3)c[nH]c2n1. The highest BCUT2D eigenvalue weighted by Crippen LogP contribution is 2.27. The highest BCUT2D eigenvalue weighted by atomic mass is 14.9. The first-order valence-corrected chi connectivity index (χ1v) is 5.69. The minimum absolute atomic E-state index is 0.974. The van der Waals surface area contributed by atoms with Crippen LogP contribution in [0.25, 0.3) is 16.6 Å². The van der Waals surface area contributed by atoms with Crippen LogP contribution < -0.4 is 5.32 Å². The van der Waals surface area contributed by atoms with Crippen LogP contribution in [0.4, 0.5) is 0 Å². The van der Waals surface area contributed by atoms with Crippen molar-refractivity contribution < 1.29 is 0 Å². The number of nitrogens with one attached hydrogen (secondary N) is 2. The third-order valence-corrected chi connectivity index (χ3v) is 3.09. The van der Waals surface area contributed by atoms with Gasteiger partial charge >= 0.3 is 0 Å². The third-order valence-electron chi connectivity index (χ3n) is 3.09. The summed E-state index contributed by atoms with van der Waals surface area (Å²) < 4.78 is 0. The molecule has 0 atom stereocenters. The Morgan fingerprint density at radius 3 is 3.06 bits per heavy atom. The van der Waals surface area contributed by atoms with Crippen molar-refractivity contribution in [3.8, 4) is 0 Å². The summed E-state index contributed by atoms with van der Waals surface area (Å²) in [4.78, 5) is 7.75. The molecule has 0 unspecified atom stereocenters. The molecule has 0 aliphatic carbocycles. The average Bonchev–Trinajstić information content (AvgIpc) is 2.73. The predicted octanol–water partition coefficient (Wildman–Crippen LogP) is 2.25. The fraction of sp³-hybridized carbons (Fsp3) is 0.308. The molecule has 0 saturated heterocycles. The van der Waals surface area contributed by atoms with Crippen LogP contribution in [0.1, 0.15) is 17.7 Å². The van der Waals surface area contributed by atoms with E-state index in [1.165, 1.54) is 16.5 Å². The van der Waals surface area contributed by atoms with E-state index in [1.54, 1.807) is 0 Å². The normalized spacial score (nSPS) is 16.4. The number of pyridine rings is 1. The highest BCUT2D eigenvalue weighted by molar-refractivity contribution is 5.90. The molecule has 1 aliphatic rings. The average molecular weight is 213 g/mol. The van der Waals surface area contributed by atoms with Crippen molar-refractivity contribution in [1.29, 1.82) is 0 Å². The molecule has 82 valence electrons. The molecule has 0 aromatic carbocycles. The second-order valence-electron chi connectivity index (χ2n) is 4.23. The highest BCUT2D eigenvalue weighted by Gasteiger charge is 2.11. The molecule has 2 aromatic heterocycles. The molecule has 0 spiro atoms. The molecule has 0 amide bonds. The van der Waals surface area contributed by atoms with E-state index in [0.717, 1.165) is 30.9 Å². The van der Waals surface area contributed by atoms with Crippen molar-refractivity contribution in [3.63, 3.8) is 0 Å². The van der Waals surface area contributed by atoms with E-state index in [1.807, 2.05) is 6.92 Å². The standard InChI is InChI=1S/C13H15N3/c1-9-2-3-11-12(8-15-13(11)16-9)10-4-6-14-7-5-10/h2-4,8,14H,5-7H2,1H3,(H,15,16). The van der Waals surface area contributed by atoms with Gasteiger partial charge in [-0.2, -0.15) is 0 Å². The lowest BCUT2D eigenvalue weighted by Crippen LogP contribution is -2.19. The number of fused-ring (bicyclic) bond motifs is 1. The molecule has 0 radical (unpaired) electrons. The van der Waals surface area contributed by atoms with Gasteiger partial charge in [0.15, 0.2) is 0 Å². The van der Waals surface area contributed by atoms with Gasteiger partial charge in [-0.25, -0.2) is 4.98 Å². The minimum atomic E-state index is 0.974. The molecular weight excluding hydrogens is 198 g/mol. The first-order valence-electron chi connectivity index (χ1n) is 5.69. The van der Waals surface area contributed by atoms with Crippen molar-refractivity contribution in [1.82, 2.24) is 15.3 Å². The summed E-state index contributed by atoms with van der Waals surface area (Å²) in [5, 5.41) is 4.57. The van der Waals surface area contributed by atoms with Crippen LogP contribution in [0, 0.1) is 6.92 Å². The Morgan fingerprint density at radius 1 is 1.31 bits per heavy atom. The zero-order valence-corrected chi connectivity index (χ0v) is 9.38. The maximum absolute atomic E-state index is 4.49. The van der Waals surface area contributed by atoms with Gasteiger partial charge in [0, 0.05) is 29.4 Å². The van der Waals surface area contributed by atoms with Gasteiger partial charge in [0.25, 0.3) is 0 Å². The molecule has 3 heterocycles. The van der Waals surface area contributed by atoms with E-state index in [9.17, 15) is 0 Å². The van der Waals surface area contributed by atoms with E-state index >= 15 is 0 Å². The van der Waals surface area contributed by atoms with E-state index in [0.29, 0.717) is 0 Å². The van der Waals surface area contributed by atoms with Crippen LogP contribution in [0.3, 0.4) is 0 Å². The third kappa shape index (κ3) is 1.53. The van der Waals surface area contributed by atoms with Gasteiger partial charge in [0.05, 0.1) is 0 Å². The Kier molecular flexibility index (Phi) is 2.26. The summed E-state index contributed by atoms with van der Waals surface area (Å²) in [6, 6.07) is 4.23. The van der Waals surface area contributed by atoms with Crippen molar-refractivity contribution in [2.24, 2.45) is 0 Å². The monoisotopic (exact) mass is 213 g/mol. The molecule has 0 bridgehead atoms. The van der Waals surface area contributed by atoms with Crippen LogP contribution in [-0.4, -0.2) is 23.1 Å².